The van der Waals surface area contributed by atoms with E-state index in [0.29, 0.717) is 16.2 Å². The van der Waals surface area contributed by atoms with E-state index in [1.54, 1.807) is 24.5 Å². The molecular weight excluding hydrogens is 442 g/mol. The number of anilines is 1. The smallest absolute Gasteiger partial charge is 0.274 e. The maximum absolute atomic E-state index is 13.4. The molecule has 1 amide bonds. The average molecular weight is 462 g/mol. The Kier molecular flexibility index (Phi) is 6.09. The van der Waals surface area contributed by atoms with E-state index in [2.05, 4.69) is 26.9 Å². The Morgan fingerprint density at radius 3 is 2.69 bits per heavy atom. The number of nitrogens with zero attached hydrogens (tertiary/aromatic N) is 4. The van der Waals surface area contributed by atoms with E-state index in [1.165, 1.54) is 10.2 Å². The first-order valence-electron chi connectivity index (χ1n) is 10.0. The predicted molar refractivity (Wildman–Crippen MR) is 129 cm³/mol. The van der Waals surface area contributed by atoms with Crippen molar-refractivity contribution in [2.45, 2.75) is 4.58 Å². The van der Waals surface area contributed by atoms with Gasteiger partial charge < -0.3 is 9.73 Å². The minimum Gasteiger partial charge on any atom is -0.465 e. The molecule has 0 atom stereocenters. The van der Waals surface area contributed by atoms with Gasteiger partial charge in [0.2, 0.25) is 0 Å². The van der Waals surface area contributed by atoms with Crippen LogP contribution in [-0.2, 0) is 4.79 Å². The predicted octanol–water partition coefficient (Wildman–Crippen LogP) is 5.05. The highest BCUT2D eigenvalue weighted by Gasteiger charge is 2.22. The molecule has 9 heteroatoms. The molecule has 1 N–H and O–H groups in total. The molecule has 7 nitrogen and oxygen atoms in total. The van der Waals surface area contributed by atoms with Crippen molar-refractivity contribution in [2.75, 3.05) is 16.8 Å². The molecule has 1 fully saturated rings. The molecule has 4 aromatic rings. The topological polar surface area (TPSA) is 85.8 Å². The zero-order valence-corrected chi connectivity index (χ0v) is 18.6. The van der Waals surface area contributed by atoms with Gasteiger partial charge in [0, 0.05) is 28.8 Å². The normalized spacial score (nSPS) is 14.6. The Bertz CT molecular complexity index is 1230. The van der Waals surface area contributed by atoms with Crippen LogP contribution in [0.15, 0.2) is 77.4 Å². The molecule has 0 spiro atoms. The van der Waals surface area contributed by atoms with Crippen LogP contribution in [0.4, 0.5) is 5.69 Å². The quantitative estimate of drug-likeness (QED) is 0.402. The molecule has 0 bridgehead atoms. The van der Waals surface area contributed by atoms with Gasteiger partial charge in [0.25, 0.3) is 5.91 Å². The van der Waals surface area contributed by atoms with Crippen LogP contribution in [0.2, 0.25) is 0 Å². The summed E-state index contributed by atoms with van der Waals surface area (Å²) in [6.07, 6.45) is 3.18. The van der Waals surface area contributed by atoms with Crippen LogP contribution in [-0.4, -0.2) is 37.6 Å². The Balaban J connectivity index is 1.49. The lowest BCUT2D eigenvalue weighted by atomic mass is 10.2. The van der Waals surface area contributed by atoms with Gasteiger partial charge in [-0.15, -0.1) is 28.6 Å². The fraction of sp³-hybridized carbons (Fsp3) is 0.130. The van der Waals surface area contributed by atoms with Crippen molar-refractivity contribution >= 4 is 46.9 Å². The number of hydrogen-bond donors (Lipinski definition) is 1. The van der Waals surface area contributed by atoms with Crippen molar-refractivity contribution in [3.8, 4) is 11.4 Å². The molecule has 160 valence electrons. The first-order valence-corrected chi connectivity index (χ1v) is 12.1. The van der Waals surface area contributed by atoms with Crippen LogP contribution in [0.25, 0.3) is 23.2 Å². The van der Waals surface area contributed by atoms with Crippen LogP contribution < -0.4 is 5.32 Å². The lowest BCUT2D eigenvalue weighted by Gasteiger charge is -2.13. The summed E-state index contributed by atoms with van der Waals surface area (Å²) < 4.78 is 7.28. The van der Waals surface area contributed by atoms with E-state index in [9.17, 15) is 4.79 Å². The van der Waals surface area contributed by atoms with Crippen molar-refractivity contribution < 1.29 is 9.21 Å². The molecule has 5 rings (SSSR count). The molecule has 1 aliphatic rings. The number of hydrogen-bond acceptors (Lipinski definition) is 7. The van der Waals surface area contributed by atoms with E-state index in [4.69, 9.17) is 4.42 Å². The summed E-state index contributed by atoms with van der Waals surface area (Å²) in [4.78, 5) is 13.4. The van der Waals surface area contributed by atoms with Crippen molar-refractivity contribution in [2.24, 2.45) is 0 Å². The van der Waals surface area contributed by atoms with Crippen molar-refractivity contribution in [1.29, 1.82) is 0 Å². The van der Waals surface area contributed by atoms with Crippen molar-refractivity contribution in [3.05, 3.63) is 84.3 Å². The minimum atomic E-state index is -0.338. The summed E-state index contributed by atoms with van der Waals surface area (Å²) >= 11 is 3.85. The number of nitrogens with one attached hydrogen (secondary N) is 1. The molecule has 1 aliphatic heterocycles. The number of tetrazole rings is 1. The summed E-state index contributed by atoms with van der Waals surface area (Å²) in [5, 5.41) is 15.0. The molecule has 2 aromatic heterocycles. The zero-order valence-electron chi connectivity index (χ0n) is 16.9. The monoisotopic (exact) mass is 461 g/mol. The van der Waals surface area contributed by atoms with Gasteiger partial charge in [-0.3, -0.25) is 4.79 Å². The highest BCUT2D eigenvalue weighted by molar-refractivity contribution is 8.19. The fourth-order valence-corrected chi connectivity index (χ4v) is 6.19. The van der Waals surface area contributed by atoms with Gasteiger partial charge in [-0.1, -0.05) is 42.5 Å². The van der Waals surface area contributed by atoms with Crippen LogP contribution >= 0.6 is 23.5 Å². The van der Waals surface area contributed by atoms with Gasteiger partial charge in [0.1, 0.15) is 11.5 Å². The highest BCUT2D eigenvalue weighted by atomic mass is 32.2. The lowest BCUT2D eigenvalue weighted by molar-refractivity contribution is -0.111. The number of rotatable bonds is 6. The minimum absolute atomic E-state index is 0.249. The van der Waals surface area contributed by atoms with Gasteiger partial charge in [-0.05, 0) is 40.3 Å². The number of aromatic nitrogens is 4. The molecule has 1 saturated heterocycles. The third-order valence-corrected chi connectivity index (χ3v) is 7.93. The molecule has 0 aliphatic carbocycles. The van der Waals surface area contributed by atoms with Crippen LogP contribution in [0.1, 0.15) is 15.9 Å². The van der Waals surface area contributed by atoms with Gasteiger partial charge in [0.05, 0.1) is 10.8 Å². The summed E-state index contributed by atoms with van der Waals surface area (Å²) in [5.41, 5.74) is 2.96. The third-order valence-electron chi connectivity index (χ3n) is 4.82. The molecule has 2 aromatic carbocycles. The van der Waals surface area contributed by atoms with Gasteiger partial charge >= 0.3 is 0 Å². The number of carbonyl (C=O) groups is 1. The standard InChI is InChI=1S/C23H19N5O2S2/c29-22(24-18-9-4-8-17(14-18)23-31-12-13-32-23)20(15-19-10-5-11-30-19)28-21(25-26-27-28)16-6-2-1-3-7-16/h1-11,14-15,23H,12-13H2,(H,24,29)/b20-15-. The van der Waals surface area contributed by atoms with Gasteiger partial charge in [-0.2, -0.15) is 4.68 Å². The summed E-state index contributed by atoms with van der Waals surface area (Å²) in [5.74, 6) is 2.94. The number of benzene rings is 2. The number of thioether (sulfide) groups is 2. The molecule has 3 heterocycles. The maximum Gasteiger partial charge on any atom is 0.274 e. The summed E-state index contributed by atoms with van der Waals surface area (Å²) in [6, 6.07) is 21.0. The summed E-state index contributed by atoms with van der Waals surface area (Å²) in [7, 11) is 0. The number of carbonyl (C=O) groups excluding carboxylic acids is 1. The van der Waals surface area contributed by atoms with E-state index in [-0.39, 0.29) is 11.6 Å². The number of furan rings is 1. The Hall–Kier alpha value is -3.30. The van der Waals surface area contributed by atoms with Crippen molar-refractivity contribution in [3.63, 3.8) is 0 Å². The maximum atomic E-state index is 13.4. The molecule has 32 heavy (non-hydrogen) atoms. The lowest BCUT2D eigenvalue weighted by Crippen LogP contribution is -2.19. The van der Waals surface area contributed by atoms with Crippen molar-refractivity contribution in [1.82, 2.24) is 20.2 Å². The number of amides is 1. The molecule has 0 radical (unpaired) electrons. The SMILES string of the molecule is O=C(Nc1cccc(C2SCCS2)c1)/C(=C/c1ccco1)n1nnnc1-c1ccccc1. The Morgan fingerprint density at radius 1 is 1.06 bits per heavy atom. The van der Waals surface area contributed by atoms with Gasteiger partial charge in [0.15, 0.2) is 5.82 Å². The molecule has 0 saturated carbocycles. The average Bonchev–Trinajstić information content (AvgIpc) is 3.61. The second-order valence-corrected chi connectivity index (χ2v) is 9.70. The Labute approximate surface area is 193 Å². The van der Waals surface area contributed by atoms with Gasteiger partial charge in [-0.25, -0.2) is 0 Å². The van der Waals surface area contributed by atoms with Crippen LogP contribution in [0, 0.1) is 0 Å². The van der Waals surface area contributed by atoms with E-state index in [1.807, 2.05) is 72.1 Å². The second-order valence-electron chi connectivity index (χ2n) is 6.98. The van der Waals surface area contributed by atoms with Crippen LogP contribution in [0.5, 0.6) is 0 Å². The fourth-order valence-electron chi connectivity index (χ4n) is 3.36. The van der Waals surface area contributed by atoms with Crippen LogP contribution in [0.3, 0.4) is 0 Å². The van der Waals surface area contributed by atoms with E-state index < -0.39 is 0 Å². The third kappa shape index (κ3) is 4.49. The molecule has 0 unspecified atom stereocenters. The largest absolute Gasteiger partial charge is 0.465 e. The van der Waals surface area contributed by atoms with E-state index in [0.717, 1.165) is 22.8 Å². The summed E-state index contributed by atoms with van der Waals surface area (Å²) in [6.45, 7) is 0. The zero-order chi connectivity index (χ0) is 21.8. The Morgan fingerprint density at radius 2 is 1.91 bits per heavy atom. The first-order chi connectivity index (χ1) is 15.8. The second kappa shape index (κ2) is 9.46. The molecular formula is C23H19N5O2S2. The first kappa shape index (κ1) is 20.6. The highest BCUT2D eigenvalue weighted by Crippen LogP contribution is 2.45. The van der Waals surface area contributed by atoms with E-state index >= 15 is 0 Å².